The normalized spacial score (nSPS) is 18.9. The van der Waals surface area contributed by atoms with Gasteiger partial charge in [-0.1, -0.05) is 18.2 Å². The Kier molecular flexibility index (Phi) is 3.72. The minimum Gasteiger partial charge on any atom is -0.373 e. The maximum Gasteiger partial charge on any atom is 0.249 e. The van der Waals surface area contributed by atoms with E-state index in [0.717, 1.165) is 23.3 Å². The van der Waals surface area contributed by atoms with Crippen molar-refractivity contribution in [3.05, 3.63) is 35.9 Å². The summed E-state index contributed by atoms with van der Waals surface area (Å²) < 4.78 is 5.56. The molecule has 1 aliphatic rings. The molecule has 3 rings (SSSR count). The fourth-order valence-corrected chi connectivity index (χ4v) is 2.60. The number of nitrogens with two attached hydrogens (primary N) is 2. The number of carbonyl (C=O) groups is 1. The van der Waals surface area contributed by atoms with Crippen LogP contribution in [0.15, 0.2) is 30.3 Å². The lowest BCUT2D eigenvalue weighted by Crippen LogP contribution is -2.46. The number of anilines is 1. The second-order valence-electron chi connectivity index (χ2n) is 5.08. The molecule has 1 unspecified atom stereocenters. The van der Waals surface area contributed by atoms with Crippen molar-refractivity contribution in [2.75, 3.05) is 31.1 Å². The summed E-state index contributed by atoms with van der Waals surface area (Å²) in [7, 11) is 0. The first-order valence-electron chi connectivity index (χ1n) is 6.95. The van der Waals surface area contributed by atoms with Crippen molar-refractivity contribution in [1.82, 2.24) is 4.98 Å². The largest absolute Gasteiger partial charge is 0.373 e. The molecule has 1 atom stereocenters. The molecule has 0 radical (unpaired) electrons. The fraction of sp³-hybridized carbons (Fsp3) is 0.333. The zero-order valence-corrected chi connectivity index (χ0v) is 11.7. The molecule has 1 fully saturated rings. The molecule has 0 aliphatic carbocycles. The van der Waals surface area contributed by atoms with Crippen LogP contribution >= 0.6 is 0 Å². The number of primary amides is 1. The van der Waals surface area contributed by atoms with E-state index >= 15 is 0 Å². The molecule has 21 heavy (non-hydrogen) atoms. The van der Waals surface area contributed by atoms with Gasteiger partial charge in [-0.05, 0) is 12.1 Å². The van der Waals surface area contributed by atoms with Gasteiger partial charge >= 0.3 is 0 Å². The van der Waals surface area contributed by atoms with Crippen molar-refractivity contribution < 1.29 is 9.53 Å². The zero-order valence-electron chi connectivity index (χ0n) is 11.7. The fourth-order valence-electron chi connectivity index (χ4n) is 2.60. The summed E-state index contributed by atoms with van der Waals surface area (Å²) in [6.45, 7) is 2.45. The van der Waals surface area contributed by atoms with Gasteiger partial charge in [-0.2, -0.15) is 0 Å². The predicted molar refractivity (Wildman–Crippen MR) is 81.3 cm³/mol. The number of nitrogens with zero attached hydrogens (tertiary/aromatic N) is 2. The molecular weight excluding hydrogens is 268 g/mol. The van der Waals surface area contributed by atoms with Gasteiger partial charge in [0, 0.05) is 25.0 Å². The van der Waals surface area contributed by atoms with Gasteiger partial charge in [-0.25, -0.2) is 4.98 Å². The number of pyridine rings is 1. The molecule has 1 amide bonds. The van der Waals surface area contributed by atoms with Gasteiger partial charge in [0.1, 0.15) is 5.82 Å². The third-order valence-electron chi connectivity index (χ3n) is 3.69. The lowest BCUT2D eigenvalue weighted by Gasteiger charge is -2.33. The zero-order chi connectivity index (χ0) is 14.8. The predicted octanol–water partition coefficient (Wildman–Crippen LogP) is 0.498. The van der Waals surface area contributed by atoms with Crippen LogP contribution < -0.4 is 16.4 Å². The van der Waals surface area contributed by atoms with Crippen LogP contribution in [-0.4, -0.2) is 43.2 Å². The summed E-state index contributed by atoms with van der Waals surface area (Å²) in [5.74, 6) is 0.294. The average Bonchev–Trinajstić information content (AvgIpc) is 2.53. The van der Waals surface area contributed by atoms with E-state index in [1.807, 2.05) is 24.3 Å². The van der Waals surface area contributed by atoms with Gasteiger partial charge in [0.15, 0.2) is 0 Å². The molecule has 4 N–H and O–H groups in total. The molecule has 6 nitrogen and oxygen atoms in total. The smallest absolute Gasteiger partial charge is 0.249 e. The molecule has 0 spiro atoms. The number of fused-ring (bicyclic) bond motifs is 1. The molecule has 2 aromatic rings. The number of ether oxygens (including phenoxy) is 1. The van der Waals surface area contributed by atoms with Crippen LogP contribution in [0.4, 0.5) is 5.82 Å². The number of hydrogen-bond acceptors (Lipinski definition) is 5. The minimum absolute atomic E-state index is 0.0101. The van der Waals surface area contributed by atoms with Crippen molar-refractivity contribution in [2.45, 2.75) is 6.10 Å². The number of hydrogen-bond donors (Lipinski definition) is 2. The van der Waals surface area contributed by atoms with Gasteiger partial charge < -0.3 is 21.1 Å². The van der Waals surface area contributed by atoms with Crippen LogP contribution in [0.2, 0.25) is 0 Å². The minimum atomic E-state index is -0.446. The Balaban J connectivity index is 2.04. The molecule has 0 bridgehead atoms. The van der Waals surface area contributed by atoms with Crippen molar-refractivity contribution in [3.63, 3.8) is 0 Å². The number of amides is 1. The highest BCUT2D eigenvalue weighted by Gasteiger charge is 2.22. The Morgan fingerprint density at radius 1 is 1.43 bits per heavy atom. The monoisotopic (exact) mass is 286 g/mol. The Bertz CT molecular complexity index is 674. The van der Waals surface area contributed by atoms with Gasteiger partial charge in [0.05, 0.1) is 23.8 Å². The van der Waals surface area contributed by atoms with Gasteiger partial charge in [0.2, 0.25) is 5.91 Å². The summed E-state index contributed by atoms with van der Waals surface area (Å²) in [5.41, 5.74) is 12.4. The summed E-state index contributed by atoms with van der Waals surface area (Å²) in [5, 5.41) is 0.775. The van der Waals surface area contributed by atoms with Crippen LogP contribution in [0, 0.1) is 0 Å². The summed E-state index contributed by atoms with van der Waals surface area (Å²) in [6.07, 6.45) is -0.0101. The summed E-state index contributed by atoms with van der Waals surface area (Å²) in [6, 6.07) is 9.26. The highest BCUT2D eigenvalue weighted by atomic mass is 16.5. The standard InChI is InChI=1S/C15H18N4O2/c16-8-10-9-19(5-6-21-10)14-7-12(15(17)20)11-3-1-2-4-13(11)18-14/h1-4,7,10H,5-6,8-9,16H2,(H2,17,20). The Morgan fingerprint density at radius 2 is 2.24 bits per heavy atom. The van der Waals surface area contributed by atoms with Crippen LogP contribution in [0.5, 0.6) is 0 Å². The van der Waals surface area contributed by atoms with Crippen LogP contribution in [0.25, 0.3) is 10.9 Å². The van der Waals surface area contributed by atoms with Gasteiger partial charge in [0.25, 0.3) is 0 Å². The van der Waals surface area contributed by atoms with Crippen molar-refractivity contribution in [3.8, 4) is 0 Å². The maximum atomic E-state index is 11.7. The van der Waals surface area contributed by atoms with E-state index in [2.05, 4.69) is 9.88 Å². The van der Waals surface area contributed by atoms with Crippen LogP contribution in [-0.2, 0) is 4.74 Å². The Hall–Kier alpha value is -2.18. The average molecular weight is 286 g/mol. The lowest BCUT2D eigenvalue weighted by atomic mass is 10.1. The molecule has 110 valence electrons. The Morgan fingerprint density at radius 3 is 3.00 bits per heavy atom. The number of para-hydroxylation sites is 1. The first-order valence-corrected chi connectivity index (χ1v) is 6.95. The van der Waals surface area contributed by atoms with E-state index in [9.17, 15) is 4.79 Å². The molecule has 1 aromatic carbocycles. The molecule has 1 aliphatic heterocycles. The van der Waals surface area contributed by atoms with E-state index in [4.69, 9.17) is 16.2 Å². The van der Waals surface area contributed by atoms with Gasteiger partial charge in [-0.15, -0.1) is 0 Å². The highest BCUT2D eigenvalue weighted by Crippen LogP contribution is 2.24. The van der Waals surface area contributed by atoms with E-state index in [1.54, 1.807) is 6.07 Å². The summed E-state index contributed by atoms with van der Waals surface area (Å²) in [4.78, 5) is 18.4. The number of benzene rings is 1. The Labute approximate surface area is 122 Å². The maximum absolute atomic E-state index is 11.7. The molecule has 1 saturated heterocycles. The molecule has 6 heteroatoms. The van der Waals surface area contributed by atoms with E-state index in [-0.39, 0.29) is 6.10 Å². The molecular formula is C15H18N4O2. The third-order valence-corrected chi connectivity index (χ3v) is 3.69. The van der Waals surface area contributed by atoms with Crippen LogP contribution in [0.3, 0.4) is 0 Å². The first kappa shape index (κ1) is 13.8. The number of morpholine rings is 1. The second kappa shape index (κ2) is 5.67. The number of rotatable bonds is 3. The number of aromatic nitrogens is 1. The van der Waals surface area contributed by atoms with Gasteiger partial charge in [-0.3, -0.25) is 4.79 Å². The quantitative estimate of drug-likeness (QED) is 0.856. The molecule has 2 heterocycles. The SMILES string of the molecule is NCC1CN(c2cc(C(N)=O)c3ccccc3n2)CCO1. The van der Waals surface area contributed by atoms with E-state index < -0.39 is 5.91 Å². The second-order valence-corrected chi connectivity index (χ2v) is 5.08. The van der Waals surface area contributed by atoms with E-state index in [1.165, 1.54) is 0 Å². The first-order chi connectivity index (χ1) is 10.2. The number of carbonyl (C=O) groups excluding carboxylic acids is 1. The summed E-state index contributed by atoms with van der Waals surface area (Å²) >= 11 is 0. The molecule has 0 saturated carbocycles. The van der Waals surface area contributed by atoms with Crippen LogP contribution in [0.1, 0.15) is 10.4 Å². The van der Waals surface area contributed by atoms with Crippen molar-refractivity contribution >= 4 is 22.6 Å². The highest BCUT2D eigenvalue weighted by molar-refractivity contribution is 6.06. The van der Waals surface area contributed by atoms with E-state index in [0.29, 0.717) is 25.3 Å². The third kappa shape index (κ3) is 2.68. The lowest BCUT2D eigenvalue weighted by molar-refractivity contribution is 0.0463. The van der Waals surface area contributed by atoms with Crippen molar-refractivity contribution in [1.29, 1.82) is 0 Å². The molecule has 1 aromatic heterocycles. The van der Waals surface area contributed by atoms with Crippen molar-refractivity contribution in [2.24, 2.45) is 11.5 Å². The topological polar surface area (TPSA) is 94.5 Å².